The monoisotopic (exact) mass is 395 g/mol. The van der Waals surface area contributed by atoms with Crippen LogP contribution < -0.4 is 14.8 Å². The summed E-state index contributed by atoms with van der Waals surface area (Å²) in [6.45, 7) is 9.00. The van der Waals surface area contributed by atoms with Crippen LogP contribution in [-0.2, 0) is 11.0 Å². The van der Waals surface area contributed by atoms with Crippen molar-refractivity contribution in [1.82, 2.24) is 9.78 Å². The Morgan fingerprint density at radius 1 is 1.11 bits per heavy atom. The molecule has 6 nitrogen and oxygen atoms in total. The third kappa shape index (κ3) is 4.99. The van der Waals surface area contributed by atoms with Crippen LogP contribution in [0, 0.1) is 0 Å². The molecule has 0 fully saturated rings. The van der Waals surface area contributed by atoms with E-state index in [2.05, 4.69) is 15.2 Å². The summed E-state index contributed by atoms with van der Waals surface area (Å²) in [6.07, 6.45) is 0. The van der Waals surface area contributed by atoms with Gasteiger partial charge in [-0.15, -0.1) is 0 Å². The summed E-state index contributed by atoms with van der Waals surface area (Å²) < 4.78 is 36.4. The highest BCUT2D eigenvalue weighted by Crippen LogP contribution is 2.31. The van der Waals surface area contributed by atoms with E-state index in [1.807, 2.05) is 47.6 Å². The van der Waals surface area contributed by atoms with E-state index in [9.17, 15) is 13.6 Å². The number of anilines is 1. The van der Waals surface area contributed by atoms with Crippen molar-refractivity contribution in [3.63, 3.8) is 0 Å². The van der Waals surface area contributed by atoms with E-state index in [-0.39, 0.29) is 28.0 Å². The van der Waals surface area contributed by atoms with Gasteiger partial charge in [0.1, 0.15) is 5.82 Å². The second-order valence-electron chi connectivity index (χ2n) is 8.45. The fraction of sp³-hybridized carbons (Fsp3) is 0.500. The Bertz CT molecular complexity index is 849. The number of carbonyl (C=O) groups is 1. The quantitative estimate of drug-likeness (QED) is 0.790. The fourth-order valence-electron chi connectivity index (χ4n) is 2.54. The van der Waals surface area contributed by atoms with Crippen molar-refractivity contribution >= 4 is 11.7 Å². The second-order valence-corrected chi connectivity index (χ2v) is 8.45. The van der Waals surface area contributed by atoms with Gasteiger partial charge in [0, 0.05) is 17.0 Å². The molecule has 0 aliphatic carbocycles. The molecule has 0 aliphatic rings. The van der Waals surface area contributed by atoms with Crippen LogP contribution in [0.25, 0.3) is 0 Å². The lowest BCUT2D eigenvalue weighted by Crippen LogP contribution is -2.27. The molecule has 0 bridgehead atoms. The van der Waals surface area contributed by atoms with Crippen molar-refractivity contribution in [2.45, 2.75) is 59.1 Å². The van der Waals surface area contributed by atoms with E-state index in [0.29, 0.717) is 5.82 Å². The first-order valence-corrected chi connectivity index (χ1v) is 8.88. The SMILES string of the molecule is COc1ccc(C(=O)Nc2cc(C(C)(C)C)nn2C(C)(C)C)cc1OC(F)F. The van der Waals surface area contributed by atoms with Gasteiger partial charge in [-0.05, 0) is 39.0 Å². The smallest absolute Gasteiger partial charge is 0.387 e. The molecule has 0 radical (unpaired) electrons. The van der Waals surface area contributed by atoms with Crippen LogP contribution in [-0.4, -0.2) is 29.4 Å². The number of carbonyl (C=O) groups excluding carboxylic acids is 1. The maximum absolute atomic E-state index is 12.8. The molecule has 0 aliphatic heterocycles. The van der Waals surface area contributed by atoms with Gasteiger partial charge in [0.05, 0.1) is 18.3 Å². The van der Waals surface area contributed by atoms with Crippen molar-refractivity contribution in [3.8, 4) is 11.5 Å². The lowest BCUT2D eigenvalue weighted by atomic mass is 9.92. The van der Waals surface area contributed by atoms with Crippen LogP contribution in [0.3, 0.4) is 0 Å². The average Bonchev–Trinajstić information content (AvgIpc) is 2.98. The molecule has 154 valence electrons. The number of rotatable bonds is 5. The van der Waals surface area contributed by atoms with Crippen molar-refractivity contribution < 1.29 is 23.0 Å². The number of aromatic nitrogens is 2. The Morgan fingerprint density at radius 3 is 2.25 bits per heavy atom. The van der Waals surface area contributed by atoms with Crippen LogP contribution >= 0.6 is 0 Å². The average molecular weight is 395 g/mol. The Kier molecular flexibility index (Phi) is 6.01. The molecule has 2 rings (SSSR count). The number of benzene rings is 1. The normalized spacial score (nSPS) is 12.2. The molecule has 0 atom stereocenters. The third-order valence-electron chi connectivity index (χ3n) is 4.00. The number of alkyl halides is 2. The zero-order chi connectivity index (χ0) is 21.3. The fourth-order valence-corrected chi connectivity index (χ4v) is 2.54. The summed E-state index contributed by atoms with van der Waals surface area (Å²) in [4.78, 5) is 12.8. The Hall–Kier alpha value is -2.64. The van der Waals surface area contributed by atoms with Crippen LogP contribution in [0.2, 0.25) is 0 Å². The molecular formula is C20H27F2N3O3. The minimum absolute atomic E-state index is 0.117. The van der Waals surface area contributed by atoms with Crippen molar-refractivity contribution in [2.24, 2.45) is 0 Å². The van der Waals surface area contributed by atoms with E-state index >= 15 is 0 Å². The van der Waals surface area contributed by atoms with Crippen LogP contribution in [0.15, 0.2) is 24.3 Å². The summed E-state index contributed by atoms with van der Waals surface area (Å²) >= 11 is 0. The first-order chi connectivity index (χ1) is 12.8. The number of ether oxygens (including phenoxy) is 2. The Morgan fingerprint density at radius 2 is 1.75 bits per heavy atom. The molecule has 0 unspecified atom stereocenters. The molecular weight excluding hydrogens is 368 g/mol. The molecule has 1 amide bonds. The predicted molar refractivity (Wildman–Crippen MR) is 104 cm³/mol. The number of nitrogens with zero attached hydrogens (tertiary/aromatic N) is 2. The summed E-state index contributed by atoms with van der Waals surface area (Å²) in [7, 11) is 1.34. The lowest BCUT2D eigenvalue weighted by Gasteiger charge is -2.23. The van der Waals surface area contributed by atoms with Crippen LogP contribution in [0.5, 0.6) is 11.5 Å². The van der Waals surface area contributed by atoms with E-state index in [1.165, 1.54) is 25.3 Å². The molecule has 28 heavy (non-hydrogen) atoms. The number of hydrogen-bond donors (Lipinski definition) is 1. The van der Waals surface area contributed by atoms with E-state index in [1.54, 1.807) is 4.68 Å². The van der Waals surface area contributed by atoms with E-state index in [4.69, 9.17) is 4.74 Å². The summed E-state index contributed by atoms with van der Waals surface area (Å²) in [6, 6.07) is 5.94. The molecule has 1 N–H and O–H groups in total. The number of methoxy groups -OCH3 is 1. The standard InChI is InChI=1S/C20H27F2N3O3/c1-19(2,3)15-11-16(25(24-15)20(4,5)6)23-17(26)12-8-9-13(27-7)14(10-12)28-18(21)22/h8-11,18H,1-7H3,(H,23,26). The molecule has 0 spiro atoms. The maximum atomic E-state index is 12.8. The minimum Gasteiger partial charge on any atom is -0.493 e. The van der Waals surface area contributed by atoms with Gasteiger partial charge < -0.3 is 14.8 Å². The van der Waals surface area contributed by atoms with Gasteiger partial charge in [0.15, 0.2) is 11.5 Å². The zero-order valence-electron chi connectivity index (χ0n) is 17.3. The van der Waals surface area contributed by atoms with Gasteiger partial charge in [-0.25, -0.2) is 4.68 Å². The molecule has 1 aromatic heterocycles. The summed E-state index contributed by atoms with van der Waals surface area (Å²) in [5.41, 5.74) is 0.425. The highest BCUT2D eigenvalue weighted by molar-refractivity contribution is 6.04. The Labute approximate surface area is 163 Å². The minimum atomic E-state index is -3.02. The van der Waals surface area contributed by atoms with Crippen LogP contribution in [0.4, 0.5) is 14.6 Å². The van der Waals surface area contributed by atoms with Crippen molar-refractivity contribution in [1.29, 1.82) is 0 Å². The second kappa shape index (κ2) is 7.77. The van der Waals surface area contributed by atoms with Gasteiger partial charge in [-0.2, -0.15) is 13.9 Å². The number of hydrogen-bond acceptors (Lipinski definition) is 4. The number of amides is 1. The van der Waals surface area contributed by atoms with Gasteiger partial charge in [0.25, 0.3) is 5.91 Å². The third-order valence-corrected chi connectivity index (χ3v) is 4.00. The van der Waals surface area contributed by atoms with Gasteiger partial charge in [-0.3, -0.25) is 4.79 Å². The molecule has 2 aromatic rings. The topological polar surface area (TPSA) is 65.4 Å². The molecule has 1 aromatic carbocycles. The molecule has 0 saturated heterocycles. The largest absolute Gasteiger partial charge is 0.493 e. The lowest BCUT2D eigenvalue weighted by molar-refractivity contribution is -0.0512. The van der Waals surface area contributed by atoms with E-state index in [0.717, 1.165) is 5.69 Å². The number of halogens is 2. The highest BCUT2D eigenvalue weighted by Gasteiger charge is 2.26. The zero-order valence-corrected chi connectivity index (χ0v) is 17.3. The first kappa shape index (κ1) is 21.7. The van der Waals surface area contributed by atoms with Gasteiger partial charge in [0.2, 0.25) is 0 Å². The maximum Gasteiger partial charge on any atom is 0.387 e. The van der Waals surface area contributed by atoms with Crippen LogP contribution in [0.1, 0.15) is 57.6 Å². The molecule has 8 heteroatoms. The summed E-state index contributed by atoms with van der Waals surface area (Å²) in [5.74, 6) is -0.0290. The molecule has 1 heterocycles. The highest BCUT2D eigenvalue weighted by atomic mass is 19.3. The van der Waals surface area contributed by atoms with Gasteiger partial charge in [-0.1, -0.05) is 20.8 Å². The van der Waals surface area contributed by atoms with Gasteiger partial charge >= 0.3 is 6.61 Å². The Balaban J connectivity index is 2.38. The predicted octanol–water partition coefficient (Wildman–Crippen LogP) is 4.80. The first-order valence-electron chi connectivity index (χ1n) is 8.88. The molecule has 0 saturated carbocycles. The van der Waals surface area contributed by atoms with Crippen molar-refractivity contribution in [2.75, 3.05) is 12.4 Å². The van der Waals surface area contributed by atoms with E-state index < -0.39 is 12.5 Å². The number of nitrogens with one attached hydrogen (secondary N) is 1. The summed E-state index contributed by atoms with van der Waals surface area (Å²) in [5, 5.41) is 7.46. The van der Waals surface area contributed by atoms with Crippen molar-refractivity contribution in [3.05, 3.63) is 35.5 Å².